The van der Waals surface area contributed by atoms with E-state index in [0.717, 1.165) is 0 Å². The predicted octanol–water partition coefficient (Wildman–Crippen LogP) is 11.4. The third-order valence-corrected chi connectivity index (χ3v) is 57.3. The first-order valence-corrected chi connectivity index (χ1v) is 35.4. The summed E-state index contributed by atoms with van der Waals surface area (Å²) in [5.74, 6) is 0. The topological polar surface area (TPSA) is 112 Å². The molecule has 72 heavy (non-hydrogen) atoms. The van der Waals surface area contributed by atoms with Crippen molar-refractivity contribution in [3.8, 4) is 0 Å². The zero-order valence-electron chi connectivity index (χ0n) is 38.8. The molecule has 0 amide bonds. The average Bonchev–Trinajstić information content (AvgIpc) is 3.47. The third kappa shape index (κ3) is 7.81. The summed E-state index contributed by atoms with van der Waals surface area (Å²) < 4.78 is 1.14. The van der Waals surface area contributed by atoms with Gasteiger partial charge in [0, 0.05) is 0 Å². The van der Waals surface area contributed by atoms with E-state index in [1.54, 1.807) is 281 Å². The van der Waals surface area contributed by atoms with Crippen LogP contribution in [0.4, 0.5) is 17.1 Å². The number of anilines is 3. The van der Waals surface area contributed by atoms with Gasteiger partial charge < -0.3 is 0 Å². The Kier molecular flexibility index (Phi) is 13.5. The van der Waals surface area contributed by atoms with Gasteiger partial charge in [-0.25, -0.2) is 0 Å². The molecular weight excluding hydrogens is 1080 g/mol. The van der Waals surface area contributed by atoms with Crippen LogP contribution in [0, 0.1) is 0 Å². The van der Waals surface area contributed by atoms with E-state index in [-0.39, 0.29) is 50.4 Å². The van der Waals surface area contributed by atoms with Gasteiger partial charge in [-0.05, 0) is 0 Å². The summed E-state index contributed by atoms with van der Waals surface area (Å²) in [6, 6.07) is 76.8. The number of hydrogen-bond donors (Lipinski definition) is 0. The van der Waals surface area contributed by atoms with E-state index in [4.69, 9.17) is 0 Å². The van der Waals surface area contributed by atoms with Gasteiger partial charge in [-0.2, -0.15) is 0 Å². The van der Waals surface area contributed by atoms with Gasteiger partial charge in [-0.1, -0.05) is 0 Å². The number of benzene rings is 9. The molecule has 10 rings (SSSR count). The fraction of sp³-hybridized carbons (Fsp3) is 0. The number of carbonyl (C=O) groups excluding carboxylic acids is 6. The zero-order valence-corrected chi connectivity index (χ0v) is 45.1. The SMILES string of the molecule is O=[C](c1ccccc1)[Ge]1([C](=O)c2ccccc2)[N](c2ccccc2)[Ge]([C](=O)c2ccccc2)([C](=O)c2ccccc2)[N](c2ccccc2)[Ge]([C](=O)c2ccccc2)([C](=O)c2ccccc2)[N]1c1ccccc1. The second-order valence-corrected chi connectivity index (χ2v) is 42.9. The van der Waals surface area contributed by atoms with Gasteiger partial charge in [0.2, 0.25) is 0 Å². The van der Waals surface area contributed by atoms with Crippen molar-refractivity contribution < 1.29 is 28.8 Å². The summed E-state index contributed by atoms with van der Waals surface area (Å²) in [4.78, 5) is 105. The number of hydrogen-bond acceptors (Lipinski definition) is 9. The molecule has 0 saturated carbocycles. The van der Waals surface area contributed by atoms with Crippen LogP contribution in [0.5, 0.6) is 0 Å². The normalized spacial score (nSPS) is 14.4. The van der Waals surface area contributed by atoms with Crippen molar-refractivity contribution in [3.63, 3.8) is 0 Å². The summed E-state index contributed by atoms with van der Waals surface area (Å²) in [6.07, 6.45) is 0. The summed E-state index contributed by atoms with van der Waals surface area (Å²) in [5.41, 5.74) is 1.42. The Morgan fingerprint density at radius 2 is 0.319 bits per heavy atom. The van der Waals surface area contributed by atoms with Crippen molar-refractivity contribution >= 4 is 85.9 Å². The van der Waals surface area contributed by atoms with Crippen LogP contribution in [-0.2, 0) is 0 Å². The molecule has 0 spiro atoms. The average molecular weight is 1120 g/mol. The van der Waals surface area contributed by atoms with Crippen molar-refractivity contribution in [2.24, 2.45) is 0 Å². The van der Waals surface area contributed by atoms with Crippen LogP contribution in [0.1, 0.15) is 62.1 Å². The van der Waals surface area contributed by atoms with Crippen LogP contribution in [0.3, 0.4) is 0 Å². The monoisotopic (exact) mass is 1130 g/mol. The molecule has 0 N–H and O–H groups in total. The quantitative estimate of drug-likeness (QED) is 0.0926. The maximum absolute atomic E-state index is 17.5. The standard InChI is InChI=1S/C60H45Ge3N3O6/c67-55(46-28-10-1-11-29-46)61(56(68)47-30-12-2-13-31-47)64(52-40-22-7-23-41-52)62(57(69)48-32-14-3-15-33-48,58(70)49-34-16-4-17-35-49)66(54-44-26-9-27-45-54)63(59(71)50-36-18-5-19-37-50,60(72)51-38-20-6-21-39-51)65(61)53-42-24-8-25-43-53/h1-45H. The zero-order chi connectivity index (χ0) is 49.7. The van der Waals surface area contributed by atoms with E-state index >= 15 is 28.8 Å². The minimum absolute atomic E-state index is 0.114. The first-order chi connectivity index (χ1) is 35.3. The van der Waals surface area contributed by atoms with Gasteiger partial charge in [0.25, 0.3) is 0 Å². The Morgan fingerprint density at radius 3 is 0.458 bits per heavy atom. The Morgan fingerprint density at radius 1 is 0.194 bits per heavy atom. The number of rotatable bonds is 15. The van der Waals surface area contributed by atoms with Crippen LogP contribution in [0.25, 0.3) is 0 Å². The first-order valence-electron chi connectivity index (χ1n) is 23.4. The molecule has 1 aliphatic rings. The van der Waals surface area contributed by atoms with E-state index in [1.807, 2.05) is 0 Å². The maximum atomic E-state index is 17.5. The van der Waals surface area contributed by atoms with Crippen molar-refractivity contribution in [1.82, 2.24) is 0 Å². The van der Waals surface area contributed by atoms with Crippen LogP contribution in [-0.4, -0.2) is 68.8 Å². The summed E-state index contributed by atoms with van der Waals surface area (Å²) >= 11 is -20.1. The Hall–Kier alpha value is -7.97. The predicted molar refractivity (Wildman–Crippen MR) is 289 cm³/mol. The Balaban J connectivity index is 1.59. The molecule has 1 fully saturated rings. The molecule has 12 heteroatoms. The van der Waals surface area contributed by atoms with E-state index in [2.05, 4.69) is 0 Å². The minimum atomic E-state index is -6.69. The molecule has 9 nitrogen and oxygen atoms in total. The molecule has 1 aliphatic heterocycles. The van der Waals surface area contributed by atoms with Crippen molar-refractivity contribution in [3.05, 3.63) is 306 Å². The van der Waals surface area contributed by atoms with Crippen molar-refractivity contribution in [2.75, 3.05) is 8.44 Å². The van der Waals surface area contributed by atoms with Gasteiger partial charge in [-0.15, -0.1) is 0 Å². The van der Waals surface area contributed by atoms with Gasteiger partial charge >= 0.3 is 429 Å². The summed E-state index contributed by atoms with van der Waals surface area (Å²) in [6.45, 7) is 0. The van der Waals surface area contributed by atoms with E-state index in [0.29, 0.717) is 0 Å². The van der Waals surface area contributed by atoms with E-state index in [1.165, 1.54) is 0 Å². The fourth-order valence-corrected chi connectivity index (χ4v) is 76.5. The second kappa shape index (κ2) is 20.4. The number of para-hydroxylation sites is 3. The fourth-order valence-electron chi connectivity index (χ4n) is 10.1. The van der Waals surface area contributed by atoms with Gasteiger partial charge in [0.05, 0.1) is 0 Å². The molecule has 1 heterocycles. The second-order valence-electron chi connectivity index (χ2n) is 17.2. The van der Waals surface area contributed by atoms with Gasteiger partial charge in [0.1, 0.15) is 0 Å². The molecule has 0 radical (unpaired) electrons. The number of nitrogens with zero attached hydrogens (tertiary/aromatic N) is 3. The van der Waals surface area contributed by atoms with E-state index in [9.17, 15) is 0 Å². The van der Waals surface area contributed by atoms with Crippen LogP contribution < -0.4 is 8.44 Å². The first kappa shape index (κ1) is 47.7. The Bertz CT molecular complexity index is 2880. The third-order valence-electron chi connectivity index (χ3n) is 13.1. The molecule has 0 bridgehead atoms. The molecule has 9 aromatic carbocycles. The van der Waals surface area contributed by atoms with E-state index < -0.39 is 68.8 Å². The molecule has 1 saturated heterocycles. The van der Waals surface area contributed by atoms with Crippen molar-refractivity contribution in [1.29, 1.82) is 0 Å². The van der Waals surface area contributed by atoms with Crippen LogP contribution in [0.2, 0.25) is 0 Å². The molecular formula is C60H45Ge3N3O6. The molecule has 9 aromatic rings. The molecule has 0 atom stereocenters. The van der Waals surface area contributed by atoms with Crippen molar-refractivity contribution in [2.45, 2.75) is 0 Å². The summed E-state index contributed by atoms with van der Waals surface area (Å²) in [5, 5.41) is 0. The Labute approximate surface area is 426 Å². The molecule has 0 aliphatic carbocycles. The van der Waals surface area contributed by atoms with Crippen LogP contribution >= 0.6 is 0 Å². The molecule has 0 unspecified atom stereocenters. The van der Waals surface area contributed by atoms with Gasteiger partial charge in [-0.3, -0.25) is 0 Å². The van der Waals surface area contributed by atoms with Crippen LogP contribution in [0.15, 0.2) is 273 Å². The number of carbonyl (C=O) groups is 6. The summed E-state index contributed by atoms with van der Waals surface area (Å²) in [7, 11) is 0. The molecule has 348 valence electrons. The van der Waals surface area contributed by atoms with Gasteiger partial charge in [0.15, 0.2) is 0 Å². The molecule has 0 aromatic heterocycles.